The third-order valence-electron chi connectivity index (χ3n) is 4.54. The van der Waals surface area contributed by atoms with Crippen LogP contribution < -0.4 is 10.6 Å². The van der Waals surface area contributed by atoms with Crippen molar-refractivity contribution in [1.29, 1.82) is 0 Å². The number of carbonyl (C=O) groups excluding carboxylic acids is 2. The number of hydrogen-bond donors (Lipinski definition) is 2. The highest BCUT2D eigenvalue weighted by Gasteiger charge is 2.22. The normalized spacial score (nSPS) is 12.1. The molecule has 6 heteroatoms. The molecule has 0 fully saturated rings. The summed E-state index contributed by atoms with van der Waals surface area (Å²) >= 11 is 4.89. The van der Waals surface area contributed by atoms with E-state index in [1.807, 2.05) is 99.6 Å². The summed E-state index contributed by atoms with van der Waals surface area (Å²) < 4.78 is 0.958. The first-order chi connectivity index (χ1) is 15.2. The molecule has 3 aromatic carbocycles. The molecule has 0 saturated carbocycles. The Morgan fingerprint density at radius 1 is 0.844 bits per heavy atom. The number of halogens is 1. The highest BCUT2D eigenvalue weighted by Crippen LogP contribution is 2.37. The average Bonchev–Trinajstić information content (AvgIpc) is 2.74. The van der Waals surface area contributed by atoms with Gasteiger partial charge in [0.1, 0.15) is 5.25 Å². The third kappa shape index (κ3) is 7.53. The van der Waals surface area contributed by atoms with Gasteiger partial charge in [-0.3, -0.25) is 9.59 Å². The zero-order valence-electron chi connectivity index (χ0n) is 18.4. The summed E-state index contributed by atoms with van der Waals surface area (Å²) in [6.45, 7) is 6.11. The zero-order valence-corrected chi connectivity index (χ0v) is 20.8. The van der Waals surface area contributed by atoms with Crippen molar-refractivity contribution in [3.63, 3.8) is 0 Å². The molecule has 3 rings (SSSR count). The van der Waals surface area contributed by atoms with Crippen molar-refractivity contribution < 1.29 is 9.59 Å². The highest BCUT2D eigenvalue weighted by molar-refractivity contribution is 9.10. The molecule has 0 radical (unpaired) electrons. The van der Waals surface area contributed by atoms with E-state index in [4.69, 9.17) is 0 Å². The van der Waals surface area contributed by atoms with Crippen molar-refractivity contribution in [1.82, 2.24) is 0 Å². The van der Waals surface area contributed by atoms with E-state index in [1.54, 1.807) is 0 Å². The van der Waals surface area contributed by atoms with Crippen molar-refractivity contribution in [3.05, 3.63) is 88.9 Å². The molecule has 0 aliphatic carbocycles. The molecule has 0 aromatic heterocycles. The van der Waals surface area contributed by atoms with E-state index < -0.39 is 5.25 Å². The fourth-order valence-electron chi connectivity index (χ4n) is 3.08. The molecule has 2 amide bonds. The third-order valence-corrected chi connectivity index (χ3v) is 6.33. The van der Waals surface area contributed by atoms with E-state index in [0.717, 1.165) is 26.3 Å². The molecule has 1 atom stereocenters. The van der Waals surface area contributed by atoms with Crippen LogP contribution >= 0.6 is 27.7 Å². The summed E-state index contributed by atoms with van der Waals surface area (Å²) in [6, 6.07) is 24.9. The first-order valence-electron chi connectivity index (χ1n) is 10.4. The minimum absolute atomic E-state index is 0.00561. The Hall–Kier alpha value is -2.57. The van der Waals surface area contributed by atoms with E-state index >= 15 is 0 Å². The van der Waals surface area contributed by atoms with Crippen molar-refractivity contribution in [3.8, 4) is 0 Å². The number of amides is 2. The van der Waals surface area contributed by atoms with E-state index in [0.29, 0.717) is 6.42 Å². The standard InChI is InChI=1S/C26H27BrN2O2S/c1-26(2,3)17-23(30)28-20-13-15-22(16-14-20)32-24(18-7-5-4-6-8-18)25(31)29-21-11-9-19(27)10-12-21/h4-16,24H,17H2,1-3H3,(H,28,30)(H,29,31). The zero-order chi connectivity index (χ0) is 23.1. The molecular weight excluding hydrogens is 484 g/mol. The summed E-state index contributed by atoms with van der Waals surface area (Å²) in [6.07, 6.45) is 0.454. The van der Waals surface area contributed by atoms with Gasteiger partial charge in [-0.2, -0.15) is 0 Å². The van der Waals surface area contributed by atoms with Gasteiger partial charge in [-0.25, -0.2) is 0 Å². The molecule has 0 aliphatic heterocycles. The van der Waals surface area contributed by atoms with Gasteiger partial charge in [0.05, 0.1) is 0 Å². The lowest BCUT2D eigenvalue weighted by Gasteiger charge is -2.18. The number of anilines is 2. The van der Waals surface area contributed by atoms with Gasteiger partial charge in [0.2, 0.25) is 11.8 Å². The summed E-state index contributed by atoms with van der Waals surface area (Å²) in [5.41, 5.74) is 2.36. The SMILES string of the molecule is CC(C)(C)CC(=O)Nc1ccc(SC(C(=O)Nc2ccc(Br)cc2)c2ccccc2)cc1. The molecular formula is C26H27BrN2O2S. The van der Waals surface area contributed by atoms with E-state index in [2.05, 4.69) is 26.6 Å². The second-order valence-corrected chi connectivity index (χ2v) is 10.8. The predicted molar refractivity (Wildman–Crippen MR) is 137 cm³/mol. The first-order valence-corrected chi connectivity index (χ1v) is 12.0. The van der Waals surface area contributed by atoms with Crippen LogP contribution in [0.1, 0.15) is 38.0 Å². The molecule has 0 bridgehead atoms. The average molecular weight is 511 g/mol. The lowest BCUT2D eigenvalue weighted by molar-refractivity contribution is -0.118. The summed E-state index contributed by atoms with van der Waals surface area (Å²) in [5.74, 6) is -0.0972. The minimum atomic E-state index is -0.416. The molecule has 166 valence electrons. The van der Waals surface area contributed by atoms with Gasteiger partial charge >= 0.3 is 0 Å². The molecule has 0 heterocycles. The molecule has 0 spiro atoms. The predicted octanol–water partition coefficient (Wildman–Crippen LogP) is 7.30. The maximum Gasteiger partial charge on any atom is 0.242 e. The molecule has 0 aliphatic rings. The molecule has 4 nitrogen and oxygen atoms in total. The quantitative estimate of drug-likeness (QED) is 0.328. The number of carbonyl (C=O) groups is 2. The van der Waals surface area contributed by atoms with Crippen LogP contribution in [0, 0.1) is 5.41 Å². The topological polar surface area (TPSA) is 58.2 Å². The maximum atomic E-state index is 13.1. The second-order valence-electron chi connectivity index (χ2n) is 8.71. The molecule has 32 heavy (non-hydrogen) atoms. The summed E-state index contributed by atoms with van der Waals surface area (Å²) in [5, 5.41) is 5.53. The van der Waals surface area contributed by atoms with Crippen LogP contribution in [0.4, 0.5) is 11.4 Å². The van der Waals surface area contributed by atoms with Gasteiger partial charge in [-0.15, -0.1) is 11.8 Å². The number of nitrogens with one attached hydrogen (secondary N) is 2. The first kappa shape index (κ1) is 24.1. The van der Waals surface area contributed by atoms with Crippen molar-refractivity contribution >= 4 is 50.9 Å². The lowest BCUT2D eigenvalue weighted by atomic mass is 9.92. The van der Waals surface area contributed by atoms with Crippen LogP contribution in [0.3, 0.4) is 0 Å². The van der Waals surface area contributed by atoms with Gasteiger partial charge < -0.3 is 10.6 Å². The summed E-state index contributed by atoms with van der Waals surface area (Å²) in [7, 11) is 0. The van der Waals surface area contributed by atoms with E-state index in [-0.39, 0.29) is 17.2 Å². The van der Waals surface area contributed by atoms with Crippen LogP contribution in [0.25, 0.3) is 0 Å². The fourth-order valence-corrected chi connectivity index (χ4v) is 4.37. The van der Waals surface area contributed by atoms with Crippen molar-refractivity contribution in [2.45, 2.75) is 37.3 Å². The Morgan fingerprint density at radius 2 is 1.41 bits per heavy atom. The number of benzene rings is 3. The van der Waals surface area contributed by atoms with Gasteiger partial charge in [0.15, 0.2) is 0 Å². The van der Waals surface area contributed by atoms with Crippen molar-refractivity contribution in [2.75, 3.05) is 10.6 Å². The van der Waals surface area contributed by atoms with E-state index in [1.165, 1.54) is 11.8 Å². The fraction of sp³-hybridized carbons (Fsp3) is 0.231. The molecule has 0 saturated heterocycles. The molecule has 1 unspecified atom stereocenters. The number of hydrogen-bond acceptors (Lipinski definition) is 3. The Kier molecular flexibility index (Phi) is 8.15. The van der Waals surface area contributed by atoms with Crippen LogP contribution in [-0.2, 0) is 9.59 Å². The van der Waals surface area contributed by atoms with Gasteiger partial charge in [-0.05, 0) is 59.5 Å². The Labute approximate surface area is 202 Å². The van der Waals surface area contributed by atoms with Crippen molar-refractivity contribution in [2.24, 2.45) is 5.41 Å². The Balaban J connectivity index is 1.73. The largest absolute Gasteiger partial charge is 0.326 e. The van der Waals surface area contributed by atoms with Crippen LogP contribution in [0.15, 0.2) is 88.2 Å². The number of rotatable bonds is 7. The lowest BCUT2D eigenvalue weighted by Crippen LogP contribution is -2.19. The second kappa shape index (κ2) is 10.8. The Morgan fingerprint density at radius 3 is 2.00 bits per heavy atom. The minimum Gasteiger partial charge on any atom is -0.326 e. The molecule has 2 N–H and O–H groups in total. The van der Waals surface area contributed by atoms with E-state index in [9.17, 15) is 9.59 Å². The monoisotopic (exact) mass is 510 g/mol. The Bertz CT molecular complexity index is 1050. The number of thioether (sulfide) groups is 1. The van der Waals surface area contributed by atoms with Crippen LogP contribution in [0.5, 0.6) is 0 Å². The van der Waals surface area contributed by atoms with Crippen LogP contribution in [-0.4, -0.2) is 11.8 Å². The smallest absolute Gasteiger partial charge is 0.242 e. The van der Waals surface area contributed by atoms with Gasteiger partial charge in [0, 0.05) is 27.2 Å². The highest BCUT2D eigenvalue weighted by atomic mass is 79.9. The van der Waals surface area contributed by atoms with Crippen LogP contribution in [0.2, 0.25) is 0 Å². The molecule has 3 aromatic rings. The maximum absolute atomic E-state index is 13.1. The summed E-state index contributed by atoms with van der Waals surface area (Å²) in [4.78, 5) is 26.3. The van der Waals surface area contributed by atoms with Gasteiger partial charge in [0.25, 0.3) is 0 Å². The van der Waals surface area contributed by atoms with Gasteiger partial charge in [-0.1, -0.05) is 67.0 Å².